The van der Waals surface area contributed by atoms with Crippen LogP contribution in [0.15, 0.2) is 24.3 Å². The normalized spacial score (nSPS) is 9.00. The third kappa shape index (κ3) is 2.19. The molecule has 0 heterocycles. The second-order valence-corrected chi connectivity index (χ2v) is 2.33. The summed E-state index contributed by atoms with van der Waals surface area (Å²) < 4.78 is 0. The highest BCUT2D eigenvalue weighted by Crippen LogP contribution is 2.10. The van der Waals surface area contributed by atoms with Crippen LogP contribution in [0.5, 0.6) is 0 Å². The molecule has 62 valence electrons. The molecule has 0 saturated heterocycles. The van der Waals surface area contributed by atoms with Crippen LogP contribution in [0.3, 0.4) is 0 Å². The molecule has 0 bridgehead atoms. The van der Waals surface area contributed by atoms with Gasteiger partial charge < -0.3 is 16.3 Å². The maximum atomic E-state index is 10.8. The molecule has 0 aliphatic rings. The van der Waals surface area contributed by atoms with E-state index in [4.69, 9.17) is 5.73 Å². The second-order valence-electron chi connectivity index (χ2n) is 2.33. The Morgan fingerprint density at radius 2 is 2.25 bits per heavy atom. The molecule has 0 aliphatic carbocycles. The highest BCUT2D eigenvalue weighted by atomic mass is 16.2. The molecule has 0 radical (unpaired) electrons. The van der Waals surface area contributed by atoms with Gasteiger partial charge in [0.1, 0.15) is 0 Å². The lowest BCUT2D eigenvalue weighted by Gasteiger charge is -2.04. The molecule has 5 heteroatoms. The molecule has 4 nitrogen and oxygen atoms in total. The minimum atomic E-state index is -0.249. The van der Waals surface area contributed by atoms with E-state index in [2.05, 4.69) is 10.5 Å². The monoisotopic (exact) mass is 163 g/mol. The van der Waals surface area contributed by atoms with Crippen molar-refractivity contribution in [2.75, 3.05) is 11.1 Å². The second kappa shape index (κ2) is 3.66. The van der Waals surface area contributed by atoms with Gasteiger partial charge in [-0.2, -0.15) is 0 Å². The Bertz CT molecular complexity index is 290. The van der Waals surface area contributed by atoms with Crippen molar-refractivity contribution >= 4 is 25.4 Å². The van der Waals surface area contributed by atoms with Crippen LogP contribution in [-0.4, -0.2) is 14.0 Å². The smallest absolute Gasteiger partial charge is 0.306 e. The van der Waals surface area contributed by atoms with Crippen LogP contribution in [0.1, 0.15) is 0 Å². The topological polar surface area (TPSA) is 67.2 Å². The van der Waals surface area contributed by atoms with E-state index < -0.39 is 0 Å². The van der Waals surface area contributed by atoms with Crippen molar-refractivity contribution in [2.45, 2.75) is 0 Å². The van der Waals surface area contributed by atoms with Crippen LogP contribution in [0.4, 0.5) is 16.2 Å². The first kappa shape index (κ1) is 8.45. The van der Waals surface area contributed by atoms with Gasteiger partial charge in [0, 0.05) is 11.4 Å². The molecule has 0 aliphatic heterocycles. The summed E-state index contributed by atoms with van der Waals surface area (Å²) in [6.45, 7) is 0. The van der Waals surface area contributed by atoms with E-state index in [9.17, 15) is 4.79 Å². The molecule has 0 unspecified atom stereocenters. The van der Waals surface area contributed by atoms with E-state index in [0.29, 0.717) is 11.4 Å². The third-order valence-corrected chi connectivity index (χ3v) is 1.37. The van der Waals surface area contributed by atoms with E-state index in [-0.39, 0.29) is 6.03 Å². The van der Waals surface area contributed by atoms with Gasteiger partial charge in [-0.1, -0.05) is 6.07 Å². The number of nitrogens with one attached hydrogen (secondary N) is 2. The van der Waals surface area contributed by atoms with Crippen LogP contribution in [0, 0.1) is 0 Å². The SMILES string of the molecule is BNC(=O)Nc1cccc(N)c1. The number of rotatable bonds is 1. The van der Waals surface area contributed by atoms with Crippen molar-refractivity contribution < 1.29 is 4.79 Å². The summed E-state index contributed by atoms with van der Waals surface area (Å²) in [7, 11) is 1.56. The Balaban J connectivity index is 2.69. The molecule has 0 spiro atoms. The first-order chi connectivity index (χ1) is 5.72. The number of hydrogen-bond donors (Lipinski definition) is 3. The predicted molar refractivity (Wildman–Crippen MR) is 51.6 cm³/mol. The molecule has 0 aromatic heterocycles. The van der Waals surface area contributed by atoms with Gasteiger partial charge in [-0.15, -0.1) is 0 Å². The molecule has 1 rings (SSSR count). The van der Waals surface area contributed by atoms with Crippen molar-refractivity contribution in [2.24, 2.45) is 0 Å². The Morgan fingerprint density at radius 3 is 2.83 bits per heavy atom. The molecular weight excluding hydrogens is 153 g/mol. The lowest BCUT2D eigenvalue weighted by molar-refractivity contribution is 0.257. The van der Waals surface area contributed by atoms with Crippen molar-refractivity contribution in [3.63, 3.8) is 0 Å². The van der Waals surface area contributed by atoms with E-state index in [1.807, 2.05) is 0 Å². The number of nitrogen functional groups attached to an aromatic ring is 1. The minimum absolute atomic E-state index is 0.249. The number of carbonyl (C=O) groups excluding carboxylic acids is 1. The molecule has 1 aromatic carbocycles. The fraction of sp³-hybridized carbons (Fsp3) is 0. The summed E-state index contributed by atoms with van der Waals surface area (Å²) in [5.41, 5.74) is 6.82. The van der Waals surface area contributed by atoms with Gasteiger partial charge in [0.25, 0.3) is 0 Å². The molecular formula is C7H10BN3O. The molecule has 0 fully saturated rings. The van der Waals surface area contributed by atoms with E-state index in [1.54, 1.807) is 32.2 Å². The van der Waals surface area contributed by atoms with Gasteiger partial charge in [-0.25, -0.2) is 4.79 Å². The zero-order valence-corrected chi connectivity index (χ0v) is 6.79. The number of urea groups is 1. The molecule has 0 saturated carbocycles. The van der Waals surface area contributed by atoms with Crippen molar-refractivity contribution in [1.82, 2.24) is 5.23 Å². The first-order valence-corrected chi connectivity index (χ1v) is 3.56. The summed E-state index contributed by atoms with van der Waals surface area (Å²) in [5.74, 6) is 0. The summed E-state index contributed by atoms with van der Waals surface area (Å²) in [6, 6.07) is 6.75. The molecule has 4 N–H and O–H groups in total. The molecule has 1 aromatic rings. The minimum Gasteiger partial charge on any atom is -0.399 e. The maximum Gasteiger partial charge on any atom is 0.306 e. The van der Waals surface area contributed by atoms with Crippen LogP contribution in [0.2, 0.25) is 0 Å². The Hall–Kier alpha value is -1.65. The quantitative estimate of drug-likeness (QED) is 0.401. The fourth-order valence-corrected chi connectivity index (χ4v) is 0.810. The lowest BCUT2D eigenvalue weighted by Crippen LogP contribution is -2.25. The highest BCUT2D eigenvalue weighted by Gasteiger charge is 1.96. The third-order valence-electron chi connectivity index (χ3n) is 1.37. The van der Waals surface area contributed by atoms with Crippen LogP contribution in [-0.2, 0) is 0 Å². The molecule has 2 amide bonds. The zero-order chi connectivity index (χ0) is 8.97. The summed E-state index contributed by atoms with van der Waals surface area (Å²) in [4.78, 5) is 10.8. The lowest BCUT2D eigenvalue weighted by atomic mass is 10.3. The van der Waals surface area contributed by atoms with E-state index in [1.165, 1.54) is 0 Å². The maximum absolute atomic E-state index is 10.8. The molecule has 0 atom stereocenters. The number of nitrogens with two attached hydrogens (primary N) is 1. The predicted octanol–water partition coefficient (Wildman–Crippen LogP) is -0.0616. The van der Waals surface area contributed by atoms with Gasteiger partial charge in [0.05, 0.1) is 0 Å². The van der Waals surface area contributed by atoms with E-state index in [0.717, 1.165) is 0 Å². The summed E-state index contributed by atoms with van der Waals surface area (Å²) in [5, 5.41) is 5.04. The van der Waals surface area contributed by atoms with Gasteiger partial charge >= 0.3 is 6.03 Å². The van der Waals surface area contributed by atoms with Crippen LogP contribution >= 0.6 is 0 Å². The average Bonchev–Trinajstić information content (AvgIpc) is 2.04. The van der Waals surface area contributed by atoms with Gasteiger partial charge in [0.15, 0.2) is 0 Å². The Kier molecular flexibility index (Phi) is 2.58. The Morgan fingerprint density at radius 1 is 1.50 bits per heavy atom. The van der Waals surface area contributed by atoms with Gasteiger partial charge in [-0.3, -0.25) is 0 Å². The van der Waals surface area contributed by atoms with Crippen LogP contribution in [0.25, 0.3) is 0 Å². The highest BCUT2D eigenvalue weighted by molar-refractivity contribution is 6.16. The van der Waals surface area contributed by atoms with Crippen molar-refractivity contribution in [1.29, 1.82) is 0 Å². The number of amides is 2. The summed E-state index contributed by atoms with van der Waals surface area (Å²) in [6.07, 6.45) is 0. The number of hydrogen-bond acceptors (Lipinski definition) is 2. The number of anilines is 2. The van der Waals surface area contributed by atoms with Crippen LogP contribution < -0.4 is 16.3 Å². The zero-order valence-electron chi connectivity index (χ0n) is 6.79. The fourth-order valence-electron chi connectivity index (χ4n) is 0.810. The van der Waals surface area contributed by atoms with Crippen molar-refractivity contribution in [3.8, 4) is 0 Å². The van der Waals surface area contributed by atoms with E-state index >= 15 is 0 Å². The van der Waals surface area contributed by atoms with Gasteiger partial charge in [0.2, 0.25) is 7.98 Å². The van der Waals surface area contributed by atoms with Gasteiger partial charge in [-0.05, 0) is 18.2 Å². The Labute approximate surface area is 71.6 Å². The molecule has 12 heavy (non-hydrogen) atoms. The van der Waals surface area contributed by atoms with Crippen molar-refractivity contribution in [3.05, 3.63) is 24.3 Å². The largest absolute Gasteiger partial charge is 0.399 e. The average molecular weight is 163 g/mol. The summed E-state index contributed by atoms with van der Waals surface area (Å²) >= 11 is 0. The number of benzene rings is 1. The first-order valence-electron chi connectivity index (χ1n) is 3.56. The standard InChI is InChI=1S/C7H10BN3O/c8-11-7(12)10-6-3-1-2-5(9)4-6/h1-4H,8-9H2,(H2,10,11,12). The number of carbonyl (C=O) groups is 1.